The van der Waals surface area contributed by atoms with E-state index in [1.165, 1.54) is 0 Å². The Morgan fingerprint density at radius 3 is 2.44 bits per heavy atom. The highest BCUT2D eigenvalue weighted by atomic mass is 19.3. The lowest BCUT2D eigenvalue weighted by atomic mass is 9.86. The Balaban J connectivity index is 2.08. The third kappa shape index (κ3) is 6.64. The fraction of sp³-hybridized carbons (Fsp3) is 1.00. The summed E-state index contributed by atoms with van der Waals surface area (Å²) in [7, 11) is 2.09. The van der Waals surface area contributed by atoms with Gasteiger partial charge in [-0.25, -0.2) is 8.78 Å². The highest BCUT2D eigenvalue weighted by Crippen LogP contribution is 2.36. The minimum Gasteiger partial charge on any atom is -0.315 e. The summed E-state index contributed by atoms with van der Waals surface area (Å²) in [5, 5.41) is 3.40. The summed E-state index contributed by atoms with van der Waals surface area (Å²) in [6.45, 7) is 8.37. The van der Waals surface area contributed by atoms with Gasteiger partial charge in [0, 0.05) is 32.5 Å². The SMILES string of the molecule is CC(C)CNCCN(C)CC1CCC(F)(F)CC1. The van der Waals surface area contributed by atoms with Crippen molar-refractivity contribution in [2.75, 3.05) is 33.2 Å². The molecule has 0 radical (unpaired) electrons. The zero-order valence-electron chi connectivity index (χ0n) is 12.0. The van der Waals surface area contributed by atoms with E-state index >= 15 is 0 Å². The van der Waals surface area contributed by atoms with Gasteiger partial charge in [0.1, 0.15) is 0 Å². The molecule has 1 rings (SSSR count). The molecule has 0 amide bonds. The van der Waals surface area contributed by atoms with Crippen LogP contribution in [0.3, 0.4) is 0 Å². The quantitative estimate of drug-likeness (QED) is 0.710. The summed E-state index contributed by atoms with van der Waals surface area (Å²) in [6, 6.07) is 0. The molecule has 4 heteroatoms. The Kier molecular flexibility index (Phi) is 6.50. The molecule has 0 aromatic heterocycles. The first kappa shape index (κ1) is 15.8. The Morgan fingerprint density at radius 2 is 1.89 bits per heavy atom. The summed E-state index contributed by atoms with van der Waals surface area (Å²) in [5.41, 5.74) is 0. The zero-order valence-corrected chi connectivity index (χ0v) is 12.0. The van der Waals surface area contributed by atoms with Crippen LogP contribution in [0.4, 0.5) is 8.78 Å². The fourth-order valence-electron chi connectivity index (χ4n) is 2.48. The van der Waals surface area contributed by atoms with Crippen LogP contribution in [-0.2, 0) is 0 Å². The minimum absolute atomic E-state index is 0.0805. The van der Waals surface area contributed by atoms with Crippen LogP contribution in [0, 0.1) is 11.8 Å². The summed E-state index contributed by atoms with van der Waals surface area (Å²) < 4.78 is 26.0. The van der Waals surface area contributed by atoms with Gasteiger partial charge in [0.2, 0.25) is 5.92 Å². The molecule has 1 aliphatic rings. The van der Waals surface area contributed by atoms with Crippen molar-refractivity contribution in [3.05, 3.63) is 0 Å². The number of nitrogens with one attached hydrogen (secondary N) is 1. The van der Waals surface area contributed by atoms with Crippen LogP contribution in [0.2, 0.25) is 0 Å². The van der Waals surface area contributed by atoms with Crippen LogP contribution in [0.1, 0.15) is 39.5 Å². The van der Waals surface area contributed by atoms with Crippen LogP contribution in [0.15, 0.2) is 0 Å². The molecule has 108 valence electrons. The molecule has 0 saturated heterocycles. The third-order valence-electron chi connectivity index (χ3n) is 3.63. The molecule has 1 N–H and O–H groups in total. The Bertz CT molecular complexity index is 222. The van der Waals surface area contributed by atoms with Crippen LogP contribution < -0.4 is 5.32 Å². The lowest BCUT2D eigenvalue weighted by Crippen LogP contribution is -2.36. The number of nitrogens with zero attached hydrogens (tertiary/aromatic N) is 1. The van der Waals surface area contributed by atoms with Crippen LogP contribution >= 0.6 is 0 Å². The van der Waals surface area contributed by atoms with Crippen molar-refractivity contribution in [1.82, 2.24) is 10.2 Å². The average Bonchev–Trinajstić information content (AvgIpc) is 2.27. The summed E-state index contributed by atoms with van der Waals surface area (Å²) in [6.07, 6.45) is 1.52. The van der Waals surface area contributed by atoms with Crippen LogP contribution in [0.25, 0.3) is 0 Å². The third-order valence-corrected chi connectivity index (χ3v) is 3.63. The summed E-state index contributed by atoms with van der Waals surface area (Å²) in [5.74, 6) is -1.26. The summed E-state index contributed by atoms with van der Waals surface area (Å²) >= 11 is 0. The lowest BCUT2D eigenvalue weighted by molar-refractivity contribution is -0.0482. The molecular weight excluding hydrogens is 234 g/mol. The van der Waals surface area contributed by atoms with Crippen molar-refractivity contribution >= 4 is 0 Å². The minimum atomic E-state index is -2.39. The second-order valence-corrected chi connectivity index (χ2v) is 6.16. The van der Waals surface area contributed by atoms with Crippen molar-refractivity contribution in [2.45, 2.75) is 45.5 Å². The predicted octanol–water partition coefficient (Wildman–Crippen LogP) is 2.99. The Hall–Kier alpha value is -0.220. The topological polar surface area (TPSA) is 15.3 Å². The molecular formula is C14H28F2N2. The maximum absolute atomic E-state index is 13.0. The van der Waals surface area contributed by atoms with Gasteiger partial charge in [-0.15, -0.1) is 0 Å². The van der Waals surface area contributed by atoms with E-state index in [0.717, 1.165) is 26.2 Å². The van der Waals surface area contributed by atoms with E-state index in [0.29, 0.717) is 24.7 Å². The lowest BCUT2D eigenvalue weighted by Gasteiger charge is -2.31. The van der Waals surface area contributed by atoms with E-state index in [1.807, 2.05) is 0 Å². The number of alkyl halides is 2. The van der Waals surface area contributed by atoms with Crippen molar-refractivity contribution < 1.29 is 8.78 Å². The number of hydrogen-bond acceptors (Lipinski definition) is 2. The smallest absolute Gasteiger partial charge is 0.248 e. The second-order valence-electron chi connectivity index (χ2n) is 6.16. The molecule has 18 heavy (non-hydrogen) atoms. The molecule has 0 aromatic carbocycles. The molecule has 1 aliphatic carbocycles. The van der Waals surface area contributed by atoms with Gasteiger partial charge < -0.3 is 10.2 Å². The van der Waals surface area contributed by atoms with E-state index in [-0.39, 0.29) is 12.8 Å². The number of rotatable bonds is 7. The van der Waals surface area contributed by atoms with Gasteiger partial charge >= 0.3 is 0 Å². The maximum atomic E-state index is 13.0. The predicted molar refractivity (Wildman–Crippen MR) is 72.1 cm³/mol. The molecule has 1 fully saturated rings. The normalized spacial score (nSPS) is 20.8. The molecule has 0 aromatic rings. The van der Waals surface area contributed by atoms with Crippen LogP contribution in [-0.4, -0.2) is 44.0 Å². The van der Waals surface area contributed by atoms with E-state index in [4.69, 9.17) is 0 Å². The fourth-order valence-corrected chi connectivity index (χ4v) is 2.48. The molecule has 0 heterocycles. The molecule has 2 nitrogen and oxygen atoms in total. The Labute approximate surface area is 110 Å². The maximum Gasteiger partial charge on any atom is 0.248 e. The first-order valence-corrected chi connectivity index (χ1v) is 7.16. The second kappa shape index (κ2) is 7.39. The van der Waals surface area contributed by atoms with Gasteiger partial charge in [-0.05, 0) is 38.3 Å². The van der Waals surface area contributed by atoms with Gasteiger partial charge in [-0.3, -0.25) is 0 Å². The van der Waals surface area contributed by atoms with Crippen LogP contribution in [0.5, 0.6) is 0 Å². The molecule has 0 aliphatic heterocycles. The zero-order chi connectivity index (χ0) is 13.6. The van der Waals surface area contributed by atoms with E-state index in [2.05, 4.69) is 31.1 Å². The van der Waals surface area contributed by atoms with E-state index < -0.39 is 5.92 Å². The average molecular weight is 262 g/mol. The Morgan fingerprint density at radius 1 is 1.28 bits per heavy atom. The highest BCUT2D eigenvalue weighted by molar-refractivity contribution is 4.79. The number of hydrogen-bond donors (Lipinski definition) is 1. The van der Waals surface area contributed by atoms with Gasteiger partial charge in [0.25, 0.3) is 0 Å². The van der Waals surface area contributed by atoms with Gasteiger partial charge in [0.05, 0.1) is 0 Å². The first-order chi connectivity index (χ1) is 8.39. The van der Waals surface area contributed by atoms with Gasteiger partial charge in [-0.1, -0.05) is 13.8 Å². The highest BCUT2D eigenvalue weighted by Gasteiger charge is 2.34. The van der Waals surface area contributed by atoms with Crippen molar-refractivity contribution in [2.24, 2.45) is 11.8 Å². The first-order valence-electron chi connectivity index (χ1n) is 7.16. The largest absolute Gasteiger partial charge is 0.315 e. The molecule has 1 saturated carbocycles. The molecule has 0 bridgehead atoms. The number of halogens is 2. The van der Waals surface area contributed by atoms with Crippen molar-refractivity contribution in [3.8, 4) is 0 Å². The van der Waals surface area contributed by atoms with Gasteiger partial charge in [0.15, 0.2) is 0 Å². The molecule has 0 atom stereocenters. The van der Waals surface area contributed by atoms with Gasteiger partial charge in [-0.2, -0.15) is 0 Å². The van der Waals surface area contributed by atoms with E-state index in [1.54, 1.807) is 0 Å². The standard InChI is InChI=1S/C14H28F2N2/c1-12(2)10-17-8-9-18(3)11-13-4-6-14(15,16)7-5-13/h12-13,17H,4-11H2,1-3H3. The number of likely N-dealkylation sites (N-methyl/N-ethyl adjacent to an activating group) is 1. The molecule has 0 spiro atoms. The van der Waals surface area contributed by atoms with Crippen molar-refractivity contribution in [3.63, 3.8) is 0 Å². The molecule has 0 unspecified atom stereocenters. The monoisotopic (exact) mass is 262 g/mol. The summed E-state index contributed by atoms with van der Waals surface area (Å²) in [4.78, 5) is 2.27. The van der Waals surface area contributed by atoms with E-state index in [9.17, 15) is 8.78 Å². The van der Waals surface area contributed by atoms with Crippen molar-refractivity contribution in [1.29, 1.82) is 0 Å².